The van der Waals surface area contributed by atoms with Gasteiger partial charge in [0.1, 0.15) is 6.61 Å². The molecule has 0 saturated carbocycles. The second-order valence-corrected chi connectivity index (χ2v) is 5.48. The maximum absolute atomic E-state index is 12.6. The predicted octanol–water partition coefficient (Wildman–Crippen LogP) is 1.86. The summed E-state index contributed by atoms with van der Waals surface area (Å²) in [5, 5.41) is 0. The van der Waals surface area contributed by atoms with Crippen LogP contribution in [0.15, 0.2) is 46.1 Å². The quantitative estimate of drug-likeness (QED) is 0.610. The van der Waals surface area contributed by atoms with Gasteiger partial charge in [-0.3, -0.25) is 9.36 Å². The van der Waals surface area contributed by atoms with Crippen molar-refractivity contribution >= 4 is 12.0 Å². The largest absolute Gasteiger partial charge is 0.458 e. The Morgan fingerprint density at radius 1 is 1.23 bits per heavy atom. The minimum Gasteiger partial charge on any atom is -0.458 e. The van der Waals surface area contributed by atoms with E-state index in [9.17, 15) is 27.6 Å². The van der Waals surface area contributed by atoms with Crippen molar-refractivity contribution in [2.24, 2.45) is 14.1 Å². The third-order valence-electron chi connectivity index (χ3n) is 3.51. The molecule has 0 spiro atoms. The van der Waals surface area contributed by atoms with Crippen LogP contribution in [-0.4, -0.2) is 15.1 Å². The summed E-state index contributed by atoms with van der Waals surface area (Å²) in [5.41, 5.74) is -1.67. The first-order valence-corrected chi connectivity index (χ1v) is 7.37. The second kappa shape index (κ2) is 7.42. The number of halogens is 3. The molecule has 1 aromatic carbocycles. The number of carbonyl (C=O) groups is 1. The van der Waals surface area contributed by atoms with Crippen molar-refractivity contribution in [3.63, 3.8) is 0 Å². The molecule has 0 radical (unpaired) electrons. The lowest BCUT2D eigenvalue weighted by Gasteiger charge is -2.08. The Morgan fingerprint density at radius 3 is 2.58 bits per heavy atom. The zero-order chi connectivity index (χ0) is 19.5. The smallest absolute Gasteiger partial charge is 0.416 e. The summed E-state index contributed by atoms with van der Waals surface area (Å²) in [6, 6.07) is 4.42. The van der Waals surface area contributed by atoms with Crippen molar-refractivity contribution in [2.45, 2.75) is 12.8 Å². The molecule has 0 fully saturated rings. The molecule has 0 atom stereocenters. The van der Waals surface area contributed by atoms with Crippen LogP contribution in [-0.2, 0) is 36.4 Å². The van der Waals surface area contributed by atoms with Crippen LogP contribution in [0.5, 0.6) is 0 Å². The summed E-state index contributed by atoms with van der Waals surface area (Å²) in [6.07, 6.45) is -1.07. The Kier molecular flexibility index (Phi) is 5.49. The summed E-state index contributed by atoms with van der Waals surface area (Å²) in [6.45, 7) is -0.349. The van der Waals surface area contributed by atoms with Gasteiger partial charge < -0.3 is 9.30 Å². The molecule has 0 aliphatic carbocycles. The summed E-state index contributed by atoms with van der Waals surface area (Å²) in [7, 11) is 2.75. The fourth-order valence-corrected chi connectivity index (χ4v) is 2.15. The highest BCUT2D eigenvalue weighted by molar-refractivity contribution is 5.86. The molecule has 0 aliphatic rings. The molecule has 6 nitrogen and oxygen atoms in total. The third-order valence-corrected chi connectivity index (χ3v) is 3.51. The molecule has 0 aliphatic heterocycles. The Balaban J connectivity index is 2.07. The second-order valence-electron chi connectivity index (χ2n) is 5.48. The zero-order valence-electron chi connectivity index (χ0n) is 13.9. The van der Waals surface area contributed by atoms with Crippen molar-refractivity contribution < 1.29 is 22.7 Å². The number of aromatic nitrogens is 2. The van der Waals surface area contributed by atoms with Gasteiger partial charge in [0.15, 0.2) is 0 Å². The number of rotatable bonds is 4. The van der Waals surface area contributed by atoms with E-state index in [0.29, 0.717) is 0 Å². The molecule has 0 saturated heterocycles. The van der Waals surface area contributed by atoms with Gasteiger partial charge in [0, 0.05) is 26.4 Å². The molecule has 0 bridgehead atoms. The average molecular weight is 368 g/mol. The lowest BCUT2D eigenvalue weighted by atomic mass is 10.1. The first kappa shape index (κ1) is 19.2. The molecule has 0 N–H and O–H groups in total. The van der Waals surface area contributed by atoms with Crippen molar-refractivity contribution in [1.82, 2.24) is 9.13 Å². The molecule has 1 aromatic heterocycles. The Hall–Kier alpha value is -3.10. The Morgan fingerprint density at radius 2 is 1.92 bits per heavy atom. The summed E-state index contributed by atoms with van der Waals surface area (Å²) >= 11 is 0. The van der Waals surface area contributed by atoms with E-state index in [0.717, 1.165) is 22.8 Å². The van der Waals surface area contributed by atoms with E-state index in [1.807, 2.05) is 0 Å². The van der Waals surface area contributed by atoms with Crippen LogP contribution in [0.25, 0.3) is 6.08 Å². The average Bonchev–Trinajstić information content (AvgIpc) is 2.59. The van der Waals surface area contributed by atoms with Gasteiger partial charge in [-0.2, -0.15) is 13.2 Å². The fraction of sp³-hybridized carbons (Fsp3) is 0.235. The lowest BCUT2D eigenvalue weighted by Crippen LogP contribution is -2.37. The van der Waals surface area contributed by atoms with Gasteiger partial charge in [0.05, 0.1) is 11.1 Å². The number of hydrogen-bond acceptors (Lipinski definition) is 4. The summed E-state index contributed by atoms with van der Waals surface area (Å²) in [4.78, 5) is 35.2. The van der Waals surface area contributed by atoms with E-state index in [-0.39, 0.29) is 17.7 Å². The number of nitrogens with zero attached hydrogens (tertiary/aromatic N) is 2. The predicted molar refractivity (Wildman–Crippen MR) is 87.2 cm³/mol. The minimum absolute atomic E-state index is 0.0885. The van der Waals surface area contributed by atoms with Crippen LogP contribution in [0.2, 0.25) is 0 Å². The number of ether oxygens (including phenoxy) is 1. The minimum atomic E-state index is -4.48. The van der Waals surface area contributed by atoms with Crippen molar-refractivity contribution in [3.05, 3.63) is 74.1 Å². The molecule has 2 rings (SSSR count). The fourth-order valence-electron chi connectivity index (χ4n) is 2.15. The van der Waals surface area contributed by atoms with E-state index >= 15 is 0 Å². The van der Waals surface area contributed by atoms with Gasteiger partial charge in [0.25, 0.3) is 5.56 Å². The van der Waals surface area contributed by atoms with E-state index in [1.165, 1.54) is 43.1 Å². The molecule has 0 unspecified atom stereocenters. The summed E-state index contributed by atoms with van der Waals surface area (Å²) < 4.78 is 44.8. The van der Waals surface area contributed by atoms with E-state index < -0.39 is 29.0 Å². The van der Waals surface area contributed by atoms with Gasteiger partial charge in [-0.25, -0.2) is 9.59 Å². The molecular formula is C17H15F3N2O4. The highest BCUT2D eigenvalue weighted by atomic mass is 19.4. The molecule has 2 aromatic rings. The van der Waals surface area contributed by atoms with Gasteiger partial charge >= 0.3 is 17.8 Å². The zero-order valence-corrected chi connectivity index (χ0v) is 13.9. The molecule has 9 heteroatoms. The molecule has 26 heavy (non-hydrogen) atoms. The Labute approximate surface area is 145 Å². The van der Waals surface area contributed by atoms with Crippen LogP contribution in [0.4, 0.5) is 13.2 Å². The molecule has 138 valence electrons. The van der Waals surface area contributed by atoms with Crippen molar-refractivity contribution in [3.8, 4) is 0 Å². The monoisotopic (exact) mass is 368 g/mol. The normalized spacial score (nSPS) is 11.7. The number of esters is 1. The number of alkyl halides is 3. The number of benzene rings is 1. The van der Waals surface area contributed by atoms with Crippen LogP contribution in [0.1, 0.15) is 16.7 Å². The van der Waals surface area contributed by atoms with E-state index in [4.69, 9.17) is 4.74 Å². The topological polar surface area (TPSA) is 70.3 Å². The molecule has 0 amide bonds. The molecule has 1 heterocycles. The van der Waals surface area contributed by atoms with Crippen LogP contribution >= 0.6 is 0 Å². The maximum atomic E-state index is 12.6. The standard InChI is InChI=1S/C17H15F3N2O4/c1-21-9-12(15(24)22(2)16(21)25)6-7-14(23)26-10-11-4-3-5-13(8-11)17(18,19)20/h3-9H,10H2,1-2H3/b7-6+. The third kappa shape index (κ3) is 4.50. The van der Waals surface area contributed by atoms with Crippen LogP contribution in [0, 0.1) is 0 Å². The van der Waals surface area contributed by atoms with Gasteiger partial charge in [-0.1, -0.05) is 12.1 Å². The van der Waals surface area contributed by atoms with E-state index in [2.05, 4.69) is 0 Å². The highest BCUT2D eigenvalue weighted by Gasteiger charge is 2.30. The van der Waals surface area contributed by atoms with Gasteiger partial charge in [-0.15, -0.1) is 0 Å². The SMILES string of the molecule is Cn1cc(/C=C/C(=O)OCc2cccc(C(F)(F)F)c2)c(=O)n(C)c1=O. The first-order chi connectivity index (χ1) is 12.1. The highest BCUT2D eigenvalue weighted by Crippen LogP contribution is 2.29. The Bertz CT molecular complexity index is 971. The van der Waals surface area contributed by atoms with Crippen molar-refractivity contribution in [1.29, 1.82) is 0 Å². The first-order valence-electron chi connectivity index (χ1n) is 7.37. The number of hydrogen-bond donors (Lipinski definition) is 0. The van der Waals surface area contributed by atoms with Gasteiger partial charge in [0.2, 0.25) is 0 Å². The van der Waals surface area contributed by atoms with Crippen molar-refractivity contribution in [2.75, 3.05) is 0 Å². The number of aryl methyl sites for hydroxylation is 1. The van der Waals surface area contributed by atoms with E-state index in [1.54, 1.807) is 0 Å². The van der Waals surface area contributed by atoms with Gasteiger partial charge in [-0.05, 0) is 23.8 Å². The number of carbonyl (C=O) groups excluding carboxylic acids is 1. The summed E-state index contributed by atoms with van der Waals surface area (Å²) in [5.74, 6) is -0.835. The lowest BCUT2D eigenvalue weighted by molar-refractivity contribution is -0.138. The molecular weight excluding hydrogens is 353 g/mol. The van der Waals surface area contributed by atoms with Crippen LogP contribution < -0.4 is 11.2 Å². The van der Waals surface area contributed by atoms with Crippen LogP contribution in [0.3, 0.4) is 0 Å². The maximum Gasteiger partial charge on any atom is 0.416 e.